The summed E-state index contributed by atoms with van der Waals surface area (Å²) in [6, 6.07) is 1.93. The van der Waals surface area contributed by atoms with Crippen LogP contribution in [0.1, 0.15) is 32.9 Å². The molecule has 1 aromatic rings. The zero-order chi connectivity index (χ0) is 12.7. The predicted molar refractivity (Wildman–Crippen MR) is 74.4 cm³/mol. The SMILES string of the molecule is Cc1ccnc(SC(C)CNCCC(C)C)n1. The Morgan fingerprint density at radius 3 is 2.76 bits per heavy atom. The van der Waals surface area contributed by atoms with Crippen molar-refractivity contribution >= 4 is 11.8 Å². The Bertz CT molecular complexity index is 328. The van der Waals surface area contributed by atoms with Gasteiger partial charge in [0.1, 0.15) is 0 Å². The van der Waals surface area contributed by atoms with Crippen LogP contribution in [0.2, 0.25) is 0 Å². The summed E-state index contributed by atoms with van der Waals surface area (Å²) in [6.45, 7) is 10.8. The molecule has 1 unspecified atom stereocenters. The van der Waals surface area contributed by atoms with Gasteiger partial charge in [-0.05, 0) is 31.9 Å². The molecular weight excluding hydrogens is 230 g/mol. The minimum Gasteiger partial charge on any atom is -0.316 e. The lowest BCUT2D eigenvalue weighted by Gasteiger charge is -2.12. The molecule has 0 fully saturated rings. The molecule has 1 rings (SSSR count). The average molecular weight is 253 g/mol. The minimum atomic E-state index is 0.504. The van der Waals surface area contributed by atoms with Crippen LogP contribution in [0.25, 0.3) is 0 Å². The second-order valence-corrected chi connectivity index (χ2v) is 6.20. The lowest BCUT2D eigenvalue weighted by molar-refractivity contribution is 0.538. The Morgan fingerprint density at radius 1 is 1.35 bits per heavy atom. The van der Waals surface area contributed by atoms with Crippen molar-refractivity contribution in [3.8, 4) is 0 Å². The zero-order valence-electron chi connectivity index (χ0n) is 11.2. The quantitative estimate of drug-likeness (QED) is 0.460. The van der Waals surface area contributed by atoms with E-state index >= 15 is 0 Å². The van der Waals surface area contributed by atoms with Gasteiger partial charge in [0.25, 0.3) is 0 Å². The molecule has 0 spiro atoms. The molecule has 0 aliphatic carbocycles. The van der Waals surface area contributed by atoms with Crippen LogP contribution in [-0.2, 0) is 0 Å². The number of thioether (sulfide) groups is 1. The number of hydrogen-bond donors (Lipinski definition) is 1. The number of rotatable bonds is 7. The standard InChI is InChI=1S/C13H23N3S/c1-10(2)5-7-14-9-12(4)17-13-15-8-6-11(3)16-13/h6,8,10,12,14H,5,7,9H2,1-4H3. The third-order valence-electron chi connectivity index (χ3n) is 2.41. The molecule has 0 aliphatic rings. The van der Waals surface area contributed by atoms with Crippen molar-refractivity contribution in [2.75, 3.05) is 13.1 Å². The van der Waals surface area contributed by atoms with Crippen LogP contribution in [0.5, 0.6) is 0 Å². The molecule has 1 N–H and O–H groups in total. The summed E-state index contributed by atoms with van der Waals surface area (Å²) >= 11 is 1.73. The fraction of sp³-hybridized carbons (Fsp3) is 0.692. The molecular formula is C13H23N3S. The molecule has 0 saturated carbocycles. The van der Waals surface area contributed by atoms with E-state index in [0.29, 0.717) is 5.25 Å². The van der Waals surface area contributed by atoms with Crippen LogP contribution >= 0.6 is 11.8 Å². The maximum atomic E-state index is 4.39. The maximum absolute atomic E-state index is 4.39. The second-order valence-electron chi connectivity index (χ2n) is 4.80. The number of aryl methyl sites for hydroxylation is 1. The van der Waals surface area contributed by atoms with Crippen molar-refractivity contribution in [1.82, 2.24) is 15.3 Å². The first-order chi connectivity index (χ1) is 8.08. The van der Waals surface area contributed by atoms with E-state index in [0.717, 1.165) is 29.9 Å². The van der Waals surface area contributed by atoms with Gasteiger partial charge in [-0.3, -0.25) is 0 Å². The van der Waals surface area contributed by atoms with E-state index in [1.165, 1.54) is 6.42 Å². The summed E-state index contributed by atoms with van der Waals surface area (Å²) in [5.74, 6) is 0.769. The lowest BCUT2D eigenvalue weighted by atomic mass is 10.1. The molecule has 0 amide bonds. The molecule has 4 heteroatoms. The Labute approximate surface area is 109 Å². The van der Waals surface area contributed by atoms with E-state index in [9.17, 15) is 0 Å². The second kappa shape index (κ2) is 7.67. The van der Waals surface area contributed by atoms with Gasteiger partial charge in [0, 0.05) is 23.7 Å². The van der Waals surface area contributed by atoms with Gasteiger partial charge in [-0.25, -0.2) is 9.97 Å². The average Bonchev–Trinajstić information content (AvgIpc) is 2.24. The van der Waals surface area contributed by atoms with Gasteiger partial charge < -0.3 is 5.32 Å². The number of hydrogen-bond acceptors (Lipinski definition) is 4. The van der Waals surface area contributed by atoms with Gasteiger partial charge in [-0.1, -0.05) is 32.5 Å². The zero-order valence-corrected chi connectivity index (χ0v) is 12.0. The molecule has 0 aliphatic heterocycles. The van der Waals surface area contributed by atoms with Crippen LogP contribution in [-0.4, -0.2) is 28.3 Å². The van der Waals surface area contributed by atoms with Crippen molar-refractivity contribution < 1.29 is 0 Å². The van der Waals surface area contributed by atoms with E-state index in [2.05, 4.69) is 36.1 Å². The van der Waals surface area contributed by atoms with Gasteiger partial charge >= 0.3 is 0 Å². The van der Waals surface area contributed by atoms with Crippen molar-refractivity contribution in [2.45, 2.75) is 44.5 Å². The van der Waals surface area contributed by atoms with Crippen molar-refractivity contribution in [3.63, 3.8) is 0 Å². The third kappa shape index (κ3) is 6.64. The molecule has 1 atom stereocenters. The van der Waals surface area contributed by atoms with Crippen LogP contribution in [0.3, 0.4) is 0 Å². The van der Waals surface area contributed by atoms with Gasteiger partial charge in [0.15, 0.2) is 5.16 Å². The van der Waals surface area contributed by atoms with E-state index in [4.69, 9.17) is 0 Å². The number of nitrogens with one attached hydrogen (secondary N) is 1. The van der Waals surface area contributed by atoms with Crippen molar-refractivity contribution in [3.05, 3.63) is 18.0 Å². The maximum Gasteiger partial charge on any atom is 0.188 e. The van der Waals surface area contributed by atoms with Crippen molar-refractivity contribution in [2.24, 2.45) is 5.92 Å². The van der Waals surface area contributed by atoms with E-state index in [-0.39, 0.29) is 0 Å². The topological polar surface area (TPSA) is 37.8 Å². The molecule has 96 valence electrons. The fourth-order valence-corrected chi connectivity index (χ4v) is 2.28. The first-order valence-corrected chi connectivity index (χ1v) is 7.13. The molecule has 0 bridgehead atoms. The van der Waals surface area contributed by atoms with Crippen molar-refractivity contribution in [1.29, 1.82) is 0 Å². The van der Waals surface area contributed by atoms with Gasteiger partial charge in [-0.15, -0.1) is 0 Å². The number of nitrogens with zero attached hydrogens (tertiary/aromatic N) is 2. The normalized spacial score (nSPS) is 13.0. The highest BCUT2D eigenvalue weighted by molar-refractivity contribution is 7.99. The highest BCUT2D eigenvalue weighted by atomic mass is 32.2. The molecule has 1 heterocycles. The Hall–Kier alpha value is -0.610. The van der Waals surface area contributed by atoms with E-state index in [1.807, 2.05) is 19.2 Å². The molecule has 0 saturated heterocycles. The summed E-state index contributed by atoms with van der Waals surface area (Å²) < 4.78 is 0. The Balaban J connectivity index is 2.23. The summed E-state index contributed by atoms with van der Waals surface area (Å²) in [6.07, 6.45) is 3.06. The minimum absolute atomic E-state index is 0.504. The van der Waals surface area contributed by atoms with Crippen LogP contribution < -0.4 is 5.32 Å². The highest BCUT2D eigenvalue weighted by Crippen LogP contribution is 2.18. The predicted octanol–water partition coefficient (Wildman–Crippen LogP) is 2.90. The number of aromatic nitrogens is 2. The Morgan fingerprint density at radius 2 is 2.12 bits per heavy atom. The van der Waals surface area contributed by atoms with Crippen LogP contribution in [0.15, 0.2) is 17.4 Å². The summed E-state index contributed by atoms with van der Waals surface area (Å²) in [5, 5.41) is 4.86. The van der Waals surface area contributed by atoms with Gasteiger partial charge in [-0.2, -0.15) is 0 Å². The van der Waals surface area contributed by atoms with Crippen LogP contribution in [0.4, 0.5) is 0 Å². The summed E-state index contributed by atoms with van der Waals surface area (Å²) in [7, 11) is 0. The van der Waals surface area contributed by atoms with E-state index < -0.39 is 0 Å². The van der Waals surface area contributed by atoms with Gasteiger partial charge in [0.05, 0.1) is 0 Å². The largest absolute Gasteiger partial charge is 0.316 e. The summed E-state index contributed by atoms with van der Waals surface area (Å²) in [4.78, 5) is 8.65. The monoisotopic (exact) mass is 253 g/mol. The van der Waals surface area contributed by atoms with Gasteiger partial charge in [0.2, 0.25) is 0 Å². The summed E-state index contributed by atoms with van der Waals surface area (Å²) in [5.41, 5.74) is 1.03. The highest BCUT2D eigenvalue weighted by Gasteiger charge is 2.06. The third-order valence-corrected chi connectivity index (χ3v) is 3.39. The Kier molecular flexibility index (Phi) is 6.52. The molecule has 3 nitrogen and oxygen atoms in total. The molecule has 0 radical (unpaired) electrons. The fourth-order valence-electron chi connectivity index (χ4n) is 1.40. The van der Waals surface area contributed by atoms with E-state index in [1.54, 1.807) is 11.8 Å². The molecule has 17 heavy (non-hydrogen) atoms. The lowest BCUT2D eigenvalue weighted by Crippen LogP contribution is -2.24. The van der Waals surface area contributed by atoms with Crippen LogP contribution in [0, 0.1) is 12.8 Å². The molecule has 0 aromatic carbocycles. The first-order valence-electron chi connectivity index (χ1n) is 6.25. The first kappa shape index (κ1) is 14.5. The molecule has 1 aromatic heterocycles. The smallest absolute Gasteiger partial charge is 0.188 e.